The Morgan fingerprint density at radius 1 is 1.05 bits per heavy atom. The molecule has 0 saturated carbocycles. The summed E-state index contributed by atoms with van der Waals surface area (Å²) in [4.78, 5) is 5.19. The number of oxime groups is 1. The first-order chi connectivity index (χ1) is 9.16. The number of hydrogen-bond acceptors (Lipinski definition) is 2. The highest BCUT2D eigenvalue weighted by Crippen LogP contribution is 2.16. The molecule has 2 N–H and O–H groups in total. The second kappa shape index (κ2) is 6.45. The van der Waals surface area contributed by atoms with E-state index in [1.165, 1.54) is 0 Å². The maximum absolute atomic E-state index is 6.00. The van der Waals surface area contributed by atoms with E-state index in [0.29, 0.717) is 15.9 Å². The normalized spacial score (nSPS) is 11.4. The zero-order valence-electron chi connectivity index (χ0n) is 10.0. The van der Waals surface area contributed by atoms with Crippen molar-refractivity contribution in [3.05, 3.63) is 69.7 Å². The van der Waals surface area contributed by atoms with Crippen molar-refractivity contribution in [2.45, 2.75) is 6.61 Å². The van der Waals surface area contributed by atoms with Gasteiger partial charge in [-0.3, -0.25) is 0 Å². The van der Waals surface area contributed by atoms with Gasteiger partial charge in [-0.15, -0.1) is 0 Å². The Bertz CT molecular complexity index is 582. The minimum Gasteiger partial charge on any atom is -0.389 e. The highest BCUT2D eigenvalue weighted by atomic mass is 35.5. The molecule has 3 nitrogen and oxygen atoms in total. The number of nitrogens with zero attached hydrogens (tertiary/aromatic N) is 1. The van der Waals surface area contributed by atoms with Crippen LogP contribution < -0.4 is 5.73 Å². The first-order valence-corrected chi connectivity index (χ1v) is 6.37. The van der Waals surface area contributed by atoms with Crippen LogP contribution in [-0.2, 0) is 11.4 Å². The van der Waals surface area contributed by atoms with E-state index in [0.717, 1.165) is 11.1 Å². The van der Waals surface area contributed by atoms with Gasteiger partial charge in [-0.2, -0.15) is 0 Å². The van der Waals surface area contributed by atoms with Crippen molar-refractivity contribution in [1.82, 2.24) is 0 Å². The lowest BCUT2D eigenvalue weighted by molar-refractivity contribution is 0.130. The predicted molar refractivity (Wildman–Crippen MR) is 78.4 cm³/mol. The fourth-order valence-corrected chi connectivity index (χ4v) is 1.78. The Kier molecular flexibility index (Phi) is 4.66. The van der Waals surface area contributed by atoms with Gasteiger partial charge in [0.1, 0.15) is 6.61 Å². The van der Waals surface area contributed by atoms with Gasteiger partial charge < -0.3 is 10.6 Å². The summed E-state index contributed by atoms with van der Waals surface area (Å²) in [5.41, 5.74) is 7.41. The third kappa shape index (κ3) is 3.88. The zero-order chi connectivity index (χ0) is 13.7. The quantitative estimate of drug-likeness (QED) is 0.529. The molecule has 0 aliphatic carbocycles. The molecule has 0 amide bonds. The van der Waals surface area contributed by atoms with Crippen LogP contribution in [0.5, 0.6) is 0 Å². The zero-order valence-corrected chi connectivity index (χ0v) is 11.5. The van der Waals surface area contributed by atoms with E-state index in [1.54, 1.807) is 30.3 Å². The number of amidine groups is 1. The van der Waals surface area contributed by atoms with Crippen LogP contribution in [0.3, 0.4) is 0 Å². The molecule has 0 radical (unpaired) electrons. The summed E-state index contributed by atoms with van der Waals surface area (Å²) in [5.74, 6) is 0.295. The van der Waals surface area contributed by atoms with Crippen molar-refractivity contribution >= 4 is 29.0 Å². The Balaban J connectivity index is 1.99. The van der Waals surface area contributed by atoms with Gasteiger partial charge in [0.15, 0.2) is 5.84 Å². The molecule has 0 atom stereocenters. The summed E-state index contributed by atoms with van der Waals surface area (Å²) >= 11 is 11.8. The Labute approximate surface area is 121 Å². The maximum atomic E-state index is 6.00. The van der Waals surface area contributed by atoms with Gasteiger partial charge in [0.25, 0.3) is 0 Å². The van der Waals surface area contributed by atoms with Crippen molar-refractivity contribution in [2.75, 3.05) is 0 Å². The molecule has 19 heavy (non-hydrogen) atoms. The molecule has 0 aliphatic rings. The third-order valence-corrected chi connectivity index (χ3v) is 3.10. The molecule has 0 bridgehead atoms. The van der Waals surface area contributed by atoms with Gasteiger partial charge in [-0.1, -0.05) is 46.6 Å². The van der Waals surface area contributed by atoms with Gasteiger partial charge in [0.05, 0.1) is 0 Å². The Hall–Kier alpha value is -1.71. The molecule has 98 valence electrons. The van der Waals surface area contributed by atoms with Crippen molar-refractivity contribution < 1.29 is 4.84 Å². The fourth-order valence-electron chi connectivity index (χ4n) is 1.46. The van der Waals surface area contributed by atoms with E-state index in [9.17, 15) is 0 Å². The highest BCUT2D eigenvalue weighted by molar-refractivity contribution is 6.31. The van der Waals surface area contributed by atoms with Gasteiger partial charge in [0, 0.05) is 21.2 Å². The molecular weight excluding hydrogens is 283 g/mol. The lowest BCUT2D eigenvalue weighted by Gasteiger charge is -2.04. The molecule has 0 heterocycles. The second-order valence-electron chi connectivity index (χ2n) is 3.85. The SMILES string of the molecule is N/C(=N\OCc1ccccc1Cl)c1ccc(Cl)cc1. The Morgan fingerprint density at radius 3 is 2.42 bits per heavy atom. The number of nitrogens with two attached hydrogens (primary N) is 1. The van der Waals surface area contributed by atoms with E-state index in [4.69, 9.17) is 33.8 Å². The van der Waals surface area contributed by atoms with E-state index in [-0.39, 0.29) is 6.61 Å². The first kappa shape index (κ1) is 13.7. The van der Waals surface area contributed by atoms with Crippen LogP contribution in [0.2, 0.25) is 10.0 Å². The predicted octanol–water partition coefficient (Wildman–Crippen LogP) is 3.83. The van der Waals surface area contributed by atoms with E-state index >= 15 is 0 Å². The Morgan fingerprint density at radius 2 is 1.74 bits per heavy atom. The lowest BCUT2D eigenvalue weighted by atomic mass is 10.2. The lowest BCUT2D eigenvalue weighted by Crippen LogP contribution is -2.13. The molecule has 0 unspecified atom stereocenters. The van der Waals surface area contributed by atoms with Crippen LogP contribution in [0, 0.1) is 0 Å². The van der Waals surface area contributed by atoms with Crippen molar-refractivity contribution in [3.63, 3.8) is 0 Å². The summed E-state index contributed by atoms with van der Waals surface area (Å²) in [6.07, 6.45) is 0. The topological polar surface area (TPSA) is 47.6 Å². The molecule has 2 aromatic carbocycles. The summed E-state index contributed by atoms with van der Waals surface area (Å²) in [6, 6.07) is 14.5. The second-order valence-corrected chi connectivity index (χ2v) is 4.69. The minimum atomic E-state index is 0.272. The van der Waals surface area contributed by atoms with Crippen LogP contribution in [0.25, 0.3) is 0 Å². The van der Waals surface area contributed by atoms with Crippen LogP contribution in [-0.4, -0.2) is 5.84 Å². The average Bonchev–Trinajstić information content (AvgIpc) is 2.41. The molecule has 2 aromatic rings. The third-order valence-electron chi connectivity index (χ3n) is 2.48. The molecule has 2 rings (SSSR count). The molecular formula is C14H12Cl2N2O. The fraction of sp³-hybridized carbons (Fsp3) is 0.0714. The summed E-state index contributed by atoms with van der Waals surface area (Å²) in [6.45, 7) is 0.272. The van der Waals surface area contributed by atoms with Crippen LogP contribution in [0.1, 0.15) is 11.1 Å². The van der Waals surface area contributed by atoms with E-state index < -0.39 is 0 Å². The average molecular weight is 295 g/mol. The standard InChI is InChI=1S/C14H12Cl2N2O/c15-12-7-5-10(6-8-12)14(17)18-19-9-11-3-1-2-4-13(11)16/h1-8H,9H2,(H2,17,18). The highest BCUT2D eigenvalue weighted by Gasteiger charge is 2.01. The van der Waals surface area contributed by atoms with Crippen LogP contribution in [0.15, 0.2) is 53.7 Å². The van der Waals surface area contributed by atoms with Gasteiger partial charge in [-0.05, 0) is 30.3 Å². The van der Waals surface area contributed by atoms with Crippen molar-refractivity contribution in [2.24, 2.45) is 10.9 Å². The van der Waals surface area contributed by atoms with Crippen molar-refractivity contribution in [1.29, 1.82) is 0 Å². The van der Waals surface area contributed by atoms with Gasteiger partial charge in [0.2, 0.25) is 0 Å². The van der Waals surface area contributed by atoms with Gasteiger partial charge in [-0.25, -0.2) is 0 Å². The minimum absolute atomic E-state index is 0.272. The first-order valence-electron chi connectivity index (χ1n) is 5.61. The monoisotopic (exact) mass is 294 g/mol. The van der Waals surface area contributed by atoms with Crippen LogP contribution >= 0.6 is 23.2 Å². The van der Waals surface area contributed by atoms with Crippen LogP contribution in [0.4, 0.5) is 0 Å². The summed E-state index contributed by atoms with van der Waals surface area (Å²) in [5, 5.41) is 5.14. The van der Waals surface area contributed by atoms with E-state index in [2.05, 4.69) is 5.16 Å². The van der Waals surface area contributed by atoms with E-state index in [1.807, 2.05) is 18.2 Å². The van der Waals surface area contributed by atoms with Crippen molar-refractivity contribution in [3.8, 4) is 0 Å². The molecule has 0 saturated heterocycles. The smallest absolute Gasteiger partial charge is 0.170 e. The molecule has 0 aliphatic heterocycles. The largest absolute Gasteiger partial charge is 0.389 e. The maximum Gasteiger partial charge on any atom is 0.170 e. The molecule has 5 heteroatoms. The molecule has 0 spiro atoms. The van der Waals surface area contributed by atoms with Gasteiger partial charge >= 0.3 is 0 Å². The number of rotatable bonds is 4. The summed E-state index contributed by atoms with van der Waals surface area (Å²) in [7, 11) is 0. The summed E-state index contributed by atoms with van der Waals surface area (Å²) < 4.78 is 0. The number of benzene rings is 2. The number of hydrogen-bond donors (Lipinski definition) is 1. The molecule has 0 fully saturated rings. The number of halogens is 2. The molecule has 0 aromatic heterocycles.